The van der Waals surface area contributed by atoms with Gasteiger partial charge >= 0.3 is 0 Å². The highest BCUT2D eigenvalue weighted by molar-refractivity contribution is 7.80. The van der Waals surface area contributed by atoms with Gasteiger partial charge in [0.05, 0.1) is 0 Å². The maximum Gasteiger partial charge on any atom is 0.168 e. The Balaban J connectivity index is 2.39. The molecular formula is C19H34N4S. The third-order valence-electron chi connectivity index (χ3n) is 3.90. The molecule has 0 bridgehead atoms. The number of hydrogen-bond donors (Lipinski definition) is 1. The van der Waals surface area contributed by atoms with Crippen molar-refractivity contribution >= 4 is 17.3 Å². The summed E-state index contributed by atoms with van der Waals surface area (Å²) in [6.45, 7) is 5.02. The van der Waals surface area contributed by atoms with Crippen LogP contribution in [0.5, 0.6) is 0 Å². The van der Waals surface area contributed by atoms with Gasteiger partial charge < -0.3 is 20.0 Å². The predicted octanol–water partition coefficient (Wildman–Crippen LogP) is 2.31. The van der Waals surface area contributed by atoms with E-state index in [1.54, 1.807) is 0 Å². The Hall–Kier alpha value is -1.17. The van der Waals surface area contributed by atoms with Gasteiger partial charge in [-0.25, -0.2) is 0 Å². The average molecular weight is 351 g/mol. The number of benzene rings is 1. The number of likely N-dealkylation sites (N-methyl/N-ethyl adjacent to an activating group) is 1. The van der Waals surface area contributed by atoms with E-state index in [2.05, 4.69) is 78.5 Å². The Kier molecular flexibility index (Phi) is 10.6. The Morgan fingerprint density at radius 1 is 0.875 bits per heavy atom. The van der Waals surface area contributed by atoms with Gasteiger partial charge in [0.2, 0.25) is 0 Å². The van der Waals surface area contributed by atoms with Crippen LogP contribution >= 0.6 is 12.2 Å². The molecule has 1 aromatic rings. The molecule has 0 aromatic heterocycles. The number of nitrogens with zero attached hydrogens (tertiary/aromatic N) is 3. The zero-order valence-electron chi connectivity index (χ0n) is 15.8. The normalized spacial score (nSPS) is 11.1. The Morgan fingerprint density at radius 3 is 2.17 bits per heavy atom. The van der Waals surface area contributed by atoms with E-state index in [9.17, 15) is 0 Å². The number of rotatable bonds is 11. The van der Waals surface area contributed by atoms with Crippen molar-refractivity contribution in [3.63, 3.8) is 0 Å². The highest BCUT2D eigenvalue weighted by Gasteiger charge is 2.09. The van der Waals surface area contributed by atoms with Crippen molar-refractivity contribution in [2.75, 3.05) is 60.9 Å². The Morgan fingerprint density at radius 2 is 1.54 bits per heavy atom. The molecule has 0 heterocycles. The molecule has 0 aliphatic rings. The van der Waals surface area contributed by atoms with Crippen molar-refractivity contribution in [1.29, 1.82) is 0 Å². The molecule has 0 fully saturated rings. The van der Waals surface area contributed by atoms with Crippen LogP contribution in [0.1, 0.15) is 18.4 Å². The van der Waals surface area contributed by atoms with Crippen LogP contribution in [0.2, 0.25) is 0 Å². The Labute approximate surface area is 153 Å². The third kappa shape index (κ3) is 9.85. The van der Waals surface area contributed by atoms with Gasteiger partial charge in [-0.2, -0.15) is 0 Å². The molecule has 0 saturated heterocycles. The van der Waals surface area contributed by atoms with Gasteiger partial charge in [0.1, 0.15) is 0 Å². The maximum absolute atomic E-state index is 5.62. The SMILES string of the molecule is CN(C)CCCNC(=S)N(CCCc1ccccc1)CCN(C)C. The number of nitrogens with one attached hydrogen (secondary N) is 1. The van der Waals surface area contributed by atoms with Crippen molar-refractivity contribution in [3.05, 3.63) is 35.9 Å². The van der Waals surface area contributed by atoms with Crippen LogP contribution in [-0.4, -0.2) is 80.7 Å². The lowest BCUT2D eigenvalue weighted by atomic mass is 10.1. The molecule has 0 saturated carbocycles. The first kappa shape index (κ1) is 20.9. The second-order valence-corrected chi connectivity index (χ2v) is 7.15. The standard InChI is InChI=1S/C19H34N4S/c1-21(2)14-9-13-20-19(24)23(17-16-22(3)4)15-8-12-18-10-6-5-7-11-18/h5-7,10-11H,8-9,12-17H2,1-4H3,(H,20,24). The molecule has 4 nitrogen and oxygen atoms in total. The van der Waals surface area contributed by atoms with Crippen LogP contribution in [0.25, 0.3) is 0 Å². The summed E-state index contributed by atoms with van der Waals surface area (Å²) in [7, 11) is 8.42. The molecule has 0 atom stereocenters. The van der Waals surface area contributed by atoms with E-state index in [1.807, 2.05) is 0 Å². The van der Waals surface area contributed by atoms with Crippen LogP contribution in [0, 0.1) is 0 Å². The number of aryl methyl sites for hydroxylation is 1. The zero-order chi connectivity index (χ0) is 17.8. The van der Waals surface area contributed by atoms with E-state index in [1.165, 1.54) is 5.56 Å². The van der Waals surface area contributed by atoms with Gasteiger partial charge in [-0.15, -0.1) is 0 Å². The fraction of sp³-hybridized carbons (Fsp3) is 0.632. The van der Waals surface area contributed by atoms with Gasteiger partial charge in [-0.05, 0) is 71.8 Å². The molecule has 0 radical (unpaired) electrons. The lowest BCUT2D eigenvalue weighted by Gasteiger charge is -2.27. The van der Waals surface area contributed by atoms with Gasteiger partial charge in [-0.3, -0.25) is 0 Å². The molecule has 0 spiro atoms. The van der Waals surface area contributed by atoms with Crippen LogP contribution in [0.4, 0.5) is 0 Å². The van der Waals surface area contributed by atoms with Gasteiger partial charge in [-0.1, -0.05) is 30.3 Å². The molecule has 0 amide bonds. The Bertz CT molecular complexity index is 448. The zero-order valence-corrected chi connectivity index (χ0v) is 16.6. The highest BCUT2D eigenvalue weighted by atomic mass is 32.1. The average Bonchev–Trinajstić information content (AvgIpc) is 2.55. The molecule has 1 N–H and O–H groups in total. The van der Waals surface area contributed by atoms with Gasteiger partial charge in [0, 0.05) is 26.2 Å². The third-order valence-corrected chi connectivity index (χ3v) is 4.30. The first-order chi connectivity index (χ1) is 11.5. The van der Waals surface area contributed by atoms with E-state index < -0.39 is 0 Å². The summed E-state index contributed by atoms with van der Waals surface area (Å²) >= 11 is 5.62. The summed E-state index contributed by atoms with van der Waals surface area (Å²) in [5, 5.41) is 4.31. The summed E-state index contributed by atoms with van der Waals surface area (Å²) in [6.07, 6.45) is 3.33. The van der Waals surface area contributed by atoms with Crippen LogP contribution in [0.15, 0.2) is 30.3 Å². The lowest BCUT2D eigenvalue weighted by Crippen LogP contribution is -2.44. The predicted molar refractivity (Wildman–Crippen MR) is 109 cm³/mol. The molecule has 1 rings (SSSR count). The van der Waals surface area contributed by atoms with Crippen LogP contribution in [-0.2, 0) is 6.42 Å². The van der Waals surface area contributed by atoms with Crippen molar-refractivity contribution in [2.24, 2.45) is 0 Å². The maximum atomic E-state index is 5.62. The largest absolute Gasteiger partial charge is 0.363 e. The summed E-state index contributed by atoms with van der Waals surface area (Å²) in [4.78, 5) is 6.72. The molecule has 24 heavy (non-hydrogen) atoms. The fourth-order valence-electron chi connectivity index (χ4n) is 2.46. The minimum absolute atomic E-state index is 0.892. The topological polar surface area (TPSA) is 21.8 Å². The molecule has 0 unspecified atom stereocenters. The van der Waals surface area contributed by atoms with E-state index in [-0.39, 0.29) is 0 Å². The first-order valence-corrected chi connectivity index (χ1v) is 9.26. The van der Waals surface area contributed by atoms with Crippen LogP contribution in [0.3, 0.4) is 0 Å². The summed E-state index contributed by atoms with van der Waals surface area (Å²) in [5.41, 5.74) is 1.40. The van der Waals surface area contributed by atoms with E-state index in [0.717, 1.165) is 57.1 Å². The molecule has 136 valence electrons. The van der Waals surface area contributed by atoms with E-state index in [4.69, 9.17) is 12.2 Å². The molecule has 5 heteroatoms. The summed E-state index contributed by atoms with van der Waals surface area (Å²) in [6, 6.07) is 10.7. The second-order valence-electron chi connectivity index (χ2n) is 6.77. The van der Waals surface area contributed by atoms with Crippen molar-refractivity contribution < 1.29 is 0 Å². The second kappa shape index (κ2) is 12.2. The number of hydrogen-bond acceptors (Lipinski definition) is 3. The summed E-state index contributed by atoms with van der Waals surface area (Å²) in [5.74, 6) is 0. The van der Waals surface area contributed by atoms with Gasteiger partial charge in [0.25, 0.3) is 0 Å². The minimum Gasteiger partial charge on any atom is -0.363 e. The lowest BCUT2D eigenvalue weighted by molar-refractivity contribution is 0.323. The van der Waals surface area contributed by atoms with Crippen molar-refractivity contribution in [2.45, 2.75) is 19.3 Å². The van der Waals surface area contributed by atoms with E-state index in [0.29, 0.717) is 0 Å². The quantitative estimate of drug-likeness (QED) is 0.487. The summed E-state index contributed by atoms with van der Waals surface area (Å²) < 4.78 is 0. The first-order valence-electron chi connectivity index (χ1n) is 8.85. The van der Waals surface area contributed by atoms with Crippen molar-refractivity contribution in [3.8, 4) is 0 Å². The minimum atomic E-state index is 0.892. The van der Waals surface area contributed by atoms with Crippen LogP contribution < -0.4 is 5.32 Å². The van der Waals surface area contributed by atoms with E-state index >= 15 is 0 Å². The molecule has 0 aliphatic carbocycles. The molecule has 0 aliphatic heterocycles. The highest BCUT2D eigenvalue weighted by Crippen LogP contribution is 2.04. The molecule has 1 aromatic carbocycles. The molecular weight excluding hydrogens is 316 g/mol. The smallest absolute Gasteiger partial charge is 0.168 e. The number of thiocarbonyl (C=S) groups is 1. The van der Waals surface area contributed by atoms with Crippen molar-refractivity contribution in [1.82, 2.24) is 20.0 Å². The monoisotopic (exact) mass is 350 g/mol. The fourth-order valence-corrected chi connectivity index (χ4v) is 2.74. The van der Waals surface area contributed by atoms with Gasteiger partial charge in [0.15, 0.2) is 5.11 Å².